The van der Waals surface area contributed by atoms with Gasteiger partial charge in [0.05, 0.1) is 0 Å². The second-order valence-electron chi connectivity index (χ2n) is 0. The Kier molecular flexibility index (Phi) is 2110. The van der Waals surface area contributed by atoms with Gasteiger partial charge in [0, 0.05) is 125 Å². The van der Waals surface area contributed by atoms with Gasteiger partial charge in [0.2, 0.25) is 0 Å². The first kappa shape index (κ1) is 186. The molecule has 14 heavy (non-hydrogen) atoms. The molecule has 0 saturated heterocycles. The fourth-order valence-corrected chi connectivity index (χ4v) is 0. The van der Waals surface area contributed by atoms with Crippen molar-refractivity contribution in [2.75, 3.05) is 0 Å². The second-order valence-corrected chi connectivity index (χ2v) is 0. The molecule has 0 aliphatic heterocycles. The molecule has 0 saturated carbocycles. The van der Waals surface area contributed by atoms with Gasteiger partial charge in [-0.1, -0.05) is 0 Å². The summed E-state index contributed by atoms with van der Waals surface area (Å²) in [7, 11) is 0. The molecule has 0 fully saturated rings. The topological polar surface area (TPSA) is 234 Å². The number of hydrogen-bond acceptors (Lipinski definition) is 4. The molecule has 76 valence electrons. The maximum atomic E-state index is 0. The van der Waals surface area contributed by atoms with Crippen molar-refractivity contribution < 1.29 is 248 Å². The van der Waals surface area contributed by atoms with Crippen LogP contribution in [0.1, 0.15) is 0 Å². The van der Waals surface area contributed by atoms with Gasteiger partial charge in [0.15, 0.2) is 0 Å². The number of rotatable bonds is 0. The molecule has 0 rings (SSSR count). The molecule has 14 heteroatoms. The molecular weight excluding hydrogens is 822 g/mol. The molecule has 0 atom stereocenters. The zero-order valence-corrected chi connectivity index (χ0v) is 23.2. The molecule has 0 radical (unpaired) electrons. The van der Waals surface area contributed by atoms with Crippen LogP contribution in [0.4, 0.5) is 0 Å². The maximum absolute atomic E-state index is 0. The van der Waals surface area contributed by atoms with Crippen molar-refractivity contribution in [3.63, 3.8) is 0 Å². The molecule has 8 nitrogen and oxygen atoms in total. The normalized spacial score (nSPS) is 0. The Morgan fingerprint density at radius 3 is 0.286 bits per heavy atom. The third kappa shape index (κ3) is 135. The molecule has 0 amide bonds. The van der Waals surface area contributed by atoms with E-state index in [4.69, 9.17) is 0 Å². The molecule has 0 spiro atoms. The molecule has 0 aliphatic carbocycles. The van der Waals surface area contributed by atoms with E-state index in [9.17, 15) is 0 Å². The van der Waals surface area contributed by atoms with E-state index in [1.54, 1.807) is 0 Å². The van der Waals surface area contributed by atoms with E-state index in [0.717, 1.165) is 0 Å². The van der Waals surface area contributed by atoms with Crippen molar-refractivity contribution in [1.29, 1.82) is 0 Å². The molecule has 4 N–H and O–H groups in total. The van der Waals surface area contributed by atoms with Gasteiger partial charge in [-0.2, -0.15) is 0 Å². The molecule has 0 aromatic heterocycles. The van der Waals surface area contributed by atoms with Crippen molar-refractivity contribution in [1.82, 2.24) is 0 Å². The van der Waals surface area contributed by atoms with Crippen LogP contribution in [0.2, 0.25) is 0 Å². The fourth-order valence-electron chi connectivity index (χ4n) is 0. The number of hydrogen-bond donors (Lipinski definition) is 0. The van der Waals surface area contributed by atoms with Gasteiger partial charge in [-0.25, -0.2) is 0 Å². The van der Waals surface area contributed by atoms with Gasteiger partial charge in [-0.05, 0) is 0 Å². The van der Waals surface area contributed by atoms with Gasteiger partial charge in [-0.3, -0.25) is 0 Å². The largest absolute Gasteiger partial charge is 4.00 e. The average molecular weight is 826 g/mol. The summed E-state index contributed by atoms with van der Waals surface area (Å²) in [5.74, 6) is 0. The van der Waals surface area contributed by atoms with Crippen LogP contribution in [0, 0.1) is 125 Å². The van der Waals surface area contributed by atoms with Gasteiger partial charge in [0.25, 0.3) is 0 Å². The fraction of sp³-hybridized carbons (Fsp3) is 0. The van der Waals surface area contributed by atoms with Crippen LogP contribution in [-0.4, -0.2) is 21.9 Å². The summed E-state index contributed by atoms with van der Waals surface area (Å²) in [6, 6.07) is 0. The van der Waals surface area contributed by atoms with Crippen LogP contribution in [0.25, 0.3) is 0 Å². The van der Waals surface area contributed by atoms with E-state index in [0.29, 0.717) is 0 Å². The quantitative estimate of drug-likeness (QED) is 0.293. The zero-order valence-electron chi connectivity index (χ0n) is 6.42. The Morgan fingerprint density at radius 1 is 0.286 bits per heavy atom. The summed E-state index contributed by atoms with van der Waals surface area (Å²) >= 11 is 0. The Labute approximate surface area is 241 Å². The minimum atomic E-state index is 0. The van der Waals surface area contributed by atoms with Crippen molar-refractivity contribution in [2.45, 2.75) is 0 Å². The predicted molar refractivity (Wildman–Crippen MR) is 10.5 cm³/mol. The van der Waals surface area contributed by atoms with Crippen LogP contribution in [-0.2, 0) is 101 Å². The summed E-state index contributed by atoms with van der Waals surface area (Å²) in [5.41, 5.74) is 0. The monoisotopic (exact) mass is 821 g/mol. The zero-order chi connectivity index (χ0) is 0. The third-order valence-electron chi connectivity index (χ3n) is 0. The Morgan fingerprint density at radius 2 is 0.286 bits per heavy atom. The summed E-state index contributed by atoms with van der Waals surface area (Å²) in [6.07, 6.45) is 0. The first-order chi connectivity index (χ1) is 0. The van der Waals surface area contributed by atoms with Crippen molar-refractivity contribution in [2.24, 2.45) is 0 Å². The summed E-state index contributed by atoms with van der Waals surface area (Å²) in [4.78, 5) is 0. The minimum Gasteiger partial charge on any atom is -2.00 e. The third-order valence-corrected chi connectivity index (χ3v) is 0. The van der Waals surface area contributed by atoms with Crippen molar-refractivity contribution in [3.8, 4) is 0 Å². The molecule has 0 aromatic carbocycles. The molecule has 0 unspecified atom stereocenters. The van der Waals surface area contributed by atoms with Crippen LogP contribution in [0.15, 0.2) is 0 Å². The molecular formula is H4Ce3O8Zr3. The first-order valence-electron chi connectivity index (χ1n) is 0. The van der Waals surface area contributed by atoms with E-state index in [-0.39, 0.29) is 248 Å². The van der Waals surface area contributed by atoms with Crippen molar-refractivity contribution >= 4 is 0 Å². The van der Waals surface area contributed by atoms with E-state index >= 15 is 0 Å². The average Bonchev–Trinajstić information content (AvgIpc) is 0. The standard InChI is InChI=1S/3Ce.4H2O.4O.3Zr/h;;;4*1H2;;;;;;;/q;;;;;;;4*-2;3*+4/p-4. The van der Waals surface area contributed by atoms with Gasteiger partial charge in [-0.15, -0.1) is 0 Å². The first-order valence-corrected chi connectivity index (χ1v) is 0. The Hall–Kier alpha value is 6.46. The molecule has 0 aromatic rings. The Bertz CT molecular complexity index is 19.8. The van der Waals surface area contributed by atoms with Crippen molar-refractivity contribution in [3.05, 3.63) is 0 Å². The molecule has 0 heterocycles. The summed E-state index contributed by atoms with van der Waals surface area (Å²) in [5, 5.41) is 0. The van der Waals surface area contributed by atoms with E-state index in [2.05, 4.69) is 0 Å². The predicted octanol–water partition coefficient (Wildman–Crippen LogP) is -1.19. The Balaban J connectivity index is 0. The molecule has 0 bridgehead atoms. The summed E-state index contributed by atoms with van der Waals surface area (Å²) in [6.45, 7) is 0. The van der Waals surface area contributed by atoms with Gasteiger partial charge in [0.1, 0.15) is 0 Å². The second kappa shape index (κ2) is 159. The van der Waals surface area contributed by atoms with Gasteiger partial charge < -0.3 is 43.8 Å². The smallest absolute Gasteiger partial charge is 2.00 e. The van der Waals surface area contributed by atoms with Gasteiger partial charge >= 0.3 is 78.6 Å². The molecule has 0 aliphatic rings. The minimum absolute atomic E-state index is 0. The van der Waals surface area contributed by atoms with E-state index < -0.39 is 0 Å². The van der Waals surface area contributed by atoms with Crippen LogP contribution >= 0.6 is 0 Å². The van der Waals surface area contributed by atoms with E-state index in [1.165, 1.54) is 0 Å². The summed E-state index contributed by atoms with van der Waals surface area (Å²) < 4.78 is 0. The van der Waals surface area contributed by atoms with Crippen LogP contribution < -0.4 is 0 Å². The van der Waals surface area contributed by atoms with Crippen LogP contribution in [0.3, 0.4) is 0 Å². The SMILES string of the molecule is [Ce].[Ce].[Ce].[O-2].[O-2].[O-2].[O-2].[OH-].[OH-].[OH-].[OH-].[Zr+4].[Zr+4].[Zr+4]. The van der Waals surface area contributed by atoms with E-state index in [1.807, 2.05) is 0 Å². The maximum Gasteiger partial charge on any atom is 4.00 e. The van der Waals surface area contributed by atoms with Crippen LogP contribution in [0.5, 0.6) is 0 Å².